The van der Waals surface area contributed by atoms with Crippen molar-refractivity contribution in [2.75, 3.05) is 0 Å². The summed E-state index contributed by atoms with van der Waals surface area (Å²) in [6, 6.07) is 0. The van der Waals surface area contributed by atoms with Gasteiger partial charge in [-0.05, 0) is 0 Å². The van der Waals surface area contributed by atoms with Gasteiger partial charge in [-0.2, -0.15) is 0 Å². The van der Waals surface area contributed by atoms with Crippen LogP contribution in [0.15, 0.2) is 0 Å². The van der Waals surface area contributed by atoms with Crippen LogP contribution in [0, 0.1) is 41.7 Å². The van der Waals surface area contributed by atoms with E-state index in [0.717, 1.165) is 20.8 Å². The Balaban J connectivity index is -0.0000000450. The van der Waals surface area contributed by atoms with Crippen molar-refractivity contribution in [2.45, 2.75) is 20.8 Å². The van der Waals surface area contributed by atoms with Gasteiger partial charge < -0.3 is 15.3 Å². The molecule has 0 atom stereocenters. The van der Waals surface area contributed by atoms with Crippen LogP contribution in [0.4, 0.5) is 0 Å². The van der Waals surface area contributed by atoms with Crippen molar-refractivity contribution in [3.8, 4) is 0 Å². The normalized spacial score (nSPS) is 5.77. The third kappa shape index (κ3) is 24800. The zero-order chi connectivity index (χ0) is 10.7. The van der Waals surface area contributed by atoms with Crippen molar-refractivity contribution in [2.24, 2.45) is 0 Å². The zero-order valence-corrected chi connectivity index (χ0v) is 10.7. The number of rotatable bonds is 0. The van der Waals surface area contributed by atoms with E-state index in [2.05, 4.69) is 0 Å². The second-order valence-electron chi connectivity index (χ2n) is 1.56. The summed E-state index contributed by atoms with van der Waals surface area (Å²) >= 11 is 0. The minimum absolute atomic E-state index is 0. The van der Waals surface area contributed by atoms with Crippen LogP contribution in [0.3, 0.4) is 0 Å². The molecule has 13 heavy (non-hydrogen) atoms. The third-order valence-electron chi connectivity index (χ3n) is 0. The molecule has 0 aromatic carbocycles. The molecular formula is C6H12CeO6. The molecule has 0 rings (SSSR count). The fraction of sp³-hybridized carbons (Fsp3) is 0.500. The second-order valence-corrected chi connectivity index (χ2v) is 1.56. The number of aliphatic carboxylic acids is 3. The van der Waals surface area contributed by atoms with Crippen LogP contribution in [-0.4, -0.2) is 33.2 Å². The third-order valence-corrected chi connectivity index (χ3v) is 0. The van der Waals surface area contributed by atoms with E-state index in [-0.39, 0.29) is 41.7 Å². The average molecular weight is 320 g/mol. The standard InChI is InChI=1S/3C2H4O2.Ce/c3*1-2(3)4;/h3*1H3,(H,3,4);. The smallest absolute Gasteiger partial charge is 0.300 e. The van der Waals surface area contributed by atoms with E-state index in [9.17, 15) is 0 Å². The van der Waals surface area contributed by atoms with E-state index in [1.807, 2.05) is 0 Å². The molecule has 0 aromatic rings. The van der Waals surface area contributed by atoms with Crippen molar-refractivity contribution < 1.29 is 71.5 Å². The van der Waals surface area contributed by atoms with E-state index in [1.165, 1.54) is 0 Å². The average Bonchev–Trinajstić information content (AvgIpc) is 1.54. The van der Waals surface area contributed by atoms with E-state index in [1.54, 1.807) is 0 Å². The van der Waals surface area contributed by atoms with Crippen LogP contribution in [0.1, 0.15) is 20.8 Å². The Bertz CT molecular complexity index is 115. The Morgan fingerprint density at radius 1 is 0.692 bits per heavy atom. The van der Waals surface area contributed by atoms with Gasteiger partial charge in [0.25, 0.3) is 17.9 Å². The Morgan fingerprint density at radius 3 is 0.692 bits per heavy atom. The molecule has 0 aromatic heterocycles. The first-order valence-electron chi connectivity index (χ1n) is 2.78. The fourth-order valence-corrected chi connectivity index (χ4v) is 0. The molecule has 0 aliphatic rings. The van der Waals surface area contributed by atoms with Gasteiger partial charge in [-0.15, -0.1) is 0 Å². The van der Waals surface area contributed by atoms with Crippen LogP contribution in [0.5, 0.6) is 0 Å². The molecule has 0 spiro atoms. The summed E-state index contributed by atoms with van der Waals surface area (Å²) in [5.41, 5.74) is 0. The van der Waals surface area contributed by atoms with Crippen molar-refractivity contribution in [3.05, 3.63) is 0 Å². The minimum atomic E-state index is -0.833. The summed E-state index contributed by atoms with van der Waals surface area (Å²) in [4.78, 5) is 27.0. The topological polar surface area (TPSA) is 112 Å². The summed E-state index contributed by atoms with van der Waals surface area (Å²) in [7, 11) is 0. The second kappa shape index (κ2) is 17.8. The molecule has 0 unspecified atom stereocenters. The molecule has 0 fully saturated rings. The summed E-state index contributed by atoms with van der Waals surface area (Å²) in [6.07, 6.45) is 0. The SMILES string of the molecule is CC(=O)O.CC(=O)O.CC(=O)O.[Ce]. The molecule has 0 heterocycles. The Morgan fingerprint density at radius 2 is 0.692 bits per heavy atom. The van der Waals surface area contributed by atoms with Gasteiger partial charge in [0.15, 0.2) is 0 Å². The molecule has 3 N–H and O–H groups in total. The largest absolute Gasteiger partial charge is 0.481 e. The van der Waals surface area contributed by atoms with Crippen LogP contribution in [0.25, 0.3) is 0 Å². The summed E-state index contributed by atoms with van der Waals surface area (Å²) < 4.78 is 0. The van der Waals surface area contributed by atoms with E-state index >= 15 is 0 Å². The molecular weight excluding hydrogens is 308 g/mol. The molecule has 0 saturated heterocycles. The molecule has 0 bridgehead atoms. The van der Waals surface area contributed by atoms with Gasteiger partial charge in [0.05, 0.1) is 0 Å². The van der Waals surface area contributed by atoms with Gasteiger partial charge in [-0.3, -0.25) is 14.4 Å². The summed E-state index contributed by atoms with van der Waals surface area (Å²) in [5.74, 6) is -2.50. The summed E-state index contributed by atoms with van der Waals surface area (Å²) in [5, 5.41) is 22.2. The number of hydrogen-bond donors (Lipinski definition) is 3. The van der Waals surface area contributed by atoms with E-state index in [0.29, 0.717) is 0 Å². The van der Waals surface area contributed by atoms with Gasteiger partial charge in [0.1, 0.15) is 0 Å². The Kier molecular flexibility index (Phi) is 31.4. The number of hydrogen-bond acceptors (Lipinski definition) is 3. The first kappa shape index (κ1) is 23.0. The van der Waals surface area contributed by atoms with Crippen molar-refractivity contribution >= 4 is 17.9 Å². The predicted octanol–water partition coefficient (Wildman–Crippen LogP) is 0.273. The first-order chi connectivity index (χ1) is 5.20. The Labute approximate surface area is 109 Å². The Hall–Kier alpha value is -0.213. The minimum Gasteiger partial charge on any atom is -0.481 e. The molecule has 0 radical (unpaired) electrons. The molecule has 76 valence electrons. The van der Waals surface area contributed by atoms with Gasteiger partial charge >= 0.3 is 0 Å². The van der Waals surface area contributed by atoms with Gasteiger partial charge in [-0.1, -0.05) is 0 Å². The quantitative estimate of drug-likeness (QED) is 0.591. The van der Waals surface area contributed by atoms with E-state index < -0.39 is 17.9 Å². The maximum absolute atomic E-state index is 9.00. The fourth-order valence-electron chi connectivity index (χ4n) is 0. The van der Waals surface area contributed by atoms with Crippen LogP contribution >= 0.6 is 0 Å². The predicted molar refractivity (Wildman–Crippen MR) is 39.9 cm³/mol. The van der Waals surface area contributed by atoms with Crippen LogP contribution in [-0.2, 0) is 14.4 Å². The van der Waals surface area contributed by atoms with E-state index in [4.69, 9.17) is 29.7 Å². The van der Waals surface area contributed by atoms with Crippen molar-refractivity contribution in [1.82, 2.24) is 0 Å². The van der Waals surface area contributed by atoms with Gasteiger partial charge in [0, 0.05) is 62.5 Å². The van der Waals surface area contributed by atoms with Gasteiger partial charge in [-0.25, -0.2) is 0 Å². The molecule has 0 aliphatic carbocycles. The van der Waals surface area contributed by atoms with Crippen LogP contribution in [0.2, 0.25) is 0 Å². The monoisotopic (exact) mass is 320 g/mol. The van der Waals surface area contributed by atoms with Crippen molar-refractivity contribution in [3.63, 3.8) is 0 Å². The molecule has 0 saturated carbocycles. The molecule has 0 aliphatic heterocycles. The maximum atomic E-state index is 9.00. The molecule has 0 amide bonds. The van der Waals surface area contributed by atoms with Crippen molar-refractivity contribution in [1.29, 1.82) is 0 Å². The van der Waals surface area contributed by atoms with Crippen LogP contribution < -0.4 is 0 Å². The first-order valence-corrected chi connectivity index (χ1v) is 2.78. The summed E-state index contributed by atoms with van der Waals surface area (Å²) in [6.45, 7) is 3.25. The van der Waals surface area contributed by atoms with Gasteiger partial charge in [0.2, 0.25) is 0 Å². The number of carboxylic acid groups (broad SMARTS) is 3. The number of carbonyl (C=O) groups is 3. The maximum Gasteiger partial charge on any atom is 0.300 e. The zero-order valence-electron chi connectivity index (χ0n) is 7.57. The molecule has 7 heteroatoms. The molecule has 6 nitrogen and oxygen atoms in total. The number of carboxylic acids is 3.